The van der Waals surface area contributed by atoms with E-state index in [1.807, 2.05) is 16.8 Å². The maximum absolute atomic E-state index is 11.9. The number of hydrogen-bond donors (Lipinski definition) is 0. The van der Waals surface area contributed by atoms with E-state index >= 15 is 0 Å². The molecular formula is C11H5Cl2NO. The van der Waals surface area contributed by atoms with Crippen molar-refractivity contribution in [3.05, 3.63) is 51.8 Å². The Morgan fingerprint density at radius 1 is 1.13 bits per heavy atom. The van der Waals surface area contributed by atoms with Crippen LogP contribution in [0.4, 0.5) is 0 Å². The molecule has 15 heavy (non-hydrogen) atoms. The lowest BCUT2D eigenvalue weighted by Gasteiger charge is -2.02. The molecule has 0 saturated carbocycles. The molecule has 0 bridgehead atoms. The van der Waals surface area contributed by atoms with Gasteiger partial charge in [0.25, 0.3) is 0 Å². The molecule has 2 nitrogen and oxygen atoms in total. The number of carbonyl (C=O) groups excluding carboxylic acids is 1. The van der Waals surface area contributed by atoms with Gasteiger partial charge in [0.05, 0.1) is 21.4 Å². The monoisotopic (exact) mass is 237 g/mol. The molecular weight excluding hydrogens is 233 g/mol. The molecule has 0 amide bonds. The van der Waals surface area contributed by atoms with Crippen molar-refractivity contribution in [3.63, 3.8) is 0 Å². The molecule has 0 spiro atoms. The van der Waals surface area contributed by atoms with Gasteiger partial charge in [-0.25, -0.2) is 0 Å². The van der Waals surface area contributed by atoms with E-state index in [1.165, 1.54) is 0 Å². The van der Waals surface area contributed by atoms with Crippen LogP contribution in [0.5, 0.6) is 0 Å². The van der Waals surface area contributed by atoms with Gasteiger partial charge in [-0.2, -0.15) is 0 Å². The Kier molecular flexibility index (Phi) is 1.73. The normalized spacial score (nSPS) is 12.8. The van der Waals surface area contributed by atoms with E-state index in [9.17, 15) is 4.79 Å². The topological polar surface area (TPSA) is 22.0 Å². The third kappa shape index (κ3) is 1.09. The summed E-state index contributed by atoms with van der Waals surface area (Å²) in [7, 11) is 0. The van der Waals surface area contributed by atoms with Gasteiger partial charge in [0.1, 0.15) is 0 Å². The van der Waals surface area contributed by atoms with E-state index in [-0.39, 0.29) is 5.78 Å². The summed E-state index contributed by atoms with van der Waals surface area (Å²) in [6.07, 6.45) is 1.84. The van der Waals surface area contributed by atoms with Crippen LogP contribution in [0.1, 0.15) is 16.1 Å². The quantitative estimate of drug-likeness (QED) is 0.588. The van der Waals surface area contributed by atoms with E-state index in [0.717, 1.165) is 5.69 Å². The van der Waals surface area contributed by atoms with Crippen molar-refractivity contribution in [2.45, 2.75) is 0 Å². The Labute approximate surface area is 96.0 Å². The Balaban J connectivity index is 2.39. The molecule has 1 aliphatic rings. The number of carbonyl (C=O) groups is 1. The summed E-state index contributed by atoms with van der Waals surface area (Å²) in [5.41, 5.74) is 2.07. The van der Waals surface area contributed by atoms with E-state index in [4.69, 9.17) is 23.2 Å². The van der Waals surface area contributed by atoms with Crippen molar-refractivity contribution >= 4 is 29.0 Å². The highest BCUT2D eigenvalue weighted by molar-refractivity contribution is 6.42. The number of fused-ring (bicyclic) bond motifs is 3. The van der Waals surface area contributed by atoms with Crippen molar-refractivity contribution in [2.75, 3.05) is 0 Å². The molecule has 0 fully saturated rings. The van der Waals surface area contributed by atoms with Gasteiger partial charge >= 0.3 is 0 Å². The van der Waals surface area contributed by atoms with Gasteiger partial charge in [-0.15, -0.1) is 0 Å². The van der Waals surface area contributed by atoms with Crippen LogP contribution >= 0.6 is 23.2 Å². The molecule has 0 atom stereocenters. The molecule has 1 aromatic heterocycles. The second-order valence-electron chi connectivity index (χ2n) is 3.38. The van der Waals surface area contributed by atoms with Crippen molar-refractivity contribution in [3.8, 4) is 5.69 Å². The lowest BCUT2D eigenvalue weighted by atomic mass is 10.1. The SMILES string of the molecule is O=C1c2cc(Cl)c(Cl)cc2-n2cccc21. The second-order valence-corrected chi connectivity index (χ2v) is 4.19. The summed E-state index contributed by atoms with van der Waals surface area (Å²) in [5, 5.41) is 0.874. The number of rotatable bonds is 0. The highest BCUT2D eigenvalue weighted by Crippen LogP contribution is 2.34. The molecule has 3 rings (SSSR count). The van der Waals surface area contributed by atoms with E-state index < -0.39 is 0 Å². The average molecular weight is 238 g/mol. The number of halogens is 2. The molecule has 4 heteroatoms. The minimum Gasteiger partial charge on any atom is -0.313 e. The predicted octanol–water partition coefficient (Wildman–Crippen LogP) is 3.33. The summed E-state index contributed by atoms with van der Waals surface area (Å²) in [5.74, 6) is -0.00596. The summed E-state index contributed by atoms with van der Waals surface area (Å²) in [6, 6.07) is 6.95. The van der Waals surface area contributed by atoms with Crippen LogP contribution in [0.3, 0.4) is 0 Å². The van der Waals surface area contributed by atoms with Crippen LogP contribution in [-0.4, -0.2) is 10.4 Å². The lowest BCUT2D eigenvalue weighted by Crippen LogP contribution is -1.94. The fourth-order valence-corrected chi connectivity index (χ4v) is 2.15. The van der Waals surface area contributed by atoms with Crippen LogP contribution in [0.25, 0.3) is 5.69 Å². The smallest absolute Gasteiger partial charge is 0.211 e. The molecule has 0 N–H and O–H groups in total. The van der Waals surface area contributed by atoms with Gasteiger partial charge in [0.15, 0.2) is 0 Å². The zero-order valence-electron chi connectivity index (χ0n) is 7.50. The highest BCUT2D eigenvalue weighted by atomic mass is 35.5. The summed E-state index contributed by atoms with van der Waals surface area (Å²) in [4.78, 5) is 11.9. The number of nitrogens with zero attached hydrogens (tertiary/aromatic N) is 1. The van der Waals surface area contributed by atoms with Gasteiger partial charge in [-0.3, -0.25) is 4.79 Å². The van der Waals surface area contributed by atoms with Crippen molar-refractivity contribution in [2.24, 2.45) is 0 Å². The first-order valence-corrected chi connectivity index (χ1v) is 5.15. The zero-order valence-corrected chi connectivity index (χ0v) is 9.01. The van der Waals surface area contributed by atoms with Gasteiger partial charge < -0.3 is 4.57 Å². The molecule has 1 aliphatic heterocycles. The molecule has 0 unspecified atom stereocenters. The molecule has 1 aromatic carbocycles. The number of hydrogen-bond acceptors (Lipinski definition) is 1. The Hall–Kier alpha value is -1.25. The summed E-state index contributed by atoms with van der Waals surface area (Å²) < 4.78 is 1.82. The molecule has 2 heterocycles. The Morgan fingerprint density at radius 3 is 2.67 bits per heavy atom. The van der Waals surface area contributed by atoms with Crippen molar-refractivity contribution < 1.29 is 4.79 Å². The standard InChI is InChI=1S/C11H5Cl2NO/c12-7-4-6-10(5-8(7)13)14-3-1-2-9(14)11(6)15/h1-5H. The van der Waals surface area contributed by atoms with Gasteiger partial charge in [0.2, 0.25) is 5.78 Å². The minimum absolute atomic E-state index is 0.00596. The molecule has 2 aromatic rings. The number of ketones is 1. The first-order chi connectivity index (χ1) is 7.18. The van der Waals surface area contributed by atoms with Crippen LogP contribution in [0.15, 0.2) is 30.5 Å². The van der Waals surface area contributed by atoms with Gasteiger partial charge in [0, 0.05) is 11.8 Å². The van der Waals surface area contributed by atoms with E-state index in [1.54, 1.807) is 18.2 Å². The van der Waals surface area contributed by atoms with Crippen molar-refractivity contribution in [1.29, 1.82) is 0 Å². The maximum atomic E-state index is 11.9. The predicted molar refractivity (Wildman–Crippen MR) is 59.2 cm³/mol. The fourth-order valence-electron chi connectivity index (χ4n) is 1.83. The Morgan fingerprint density at radius 2 is 1.87 bits per heavy atom. The summed E-state index contributed by atoms with van der Waals surface area (Å²) in [6.45, 7) is 0. The lowest BCUT2D eigenvalue weighted by molar-refractivity contribution is 0.104. The van der Waals surface area contributed by atoms with Crippen LogP contribution in [0.2, 0.25) is 10.0 Å². The van der Waals surface area contributed by atoms with Crippen molar-refractivity contribution in [1.82, 2.24) is 4.57 Å². The molecule has 0 aliphatic carbocycles. The fraction of sp³-hybridized carbons (Fsp3) is 0. The minimum atomic E-state index is -0.00596. The molecule has 0 radical (unpaired) electrons. The number of benzene rings is 1. The van der Waals surface area contributed by atoms with E-state index in [2.05, 4.69) is 0 Å². The van der Waals surface area contributed by atoms with Crippen LogP contribution in [-0.2, 0) is 0 Å². The Bertz CT molecular complexity index is 586. The third-order valence-corrected chi connectivity index (χ3v) is 3.25. The highest BCUT2D eigenvalue weighted by Gasteiger charge is 2.26. The maximum Gasteiger partial charge on any atom is 0.211 e. The number of aromatic nitrogens is 1. The molecule has 74 valence electrons. The third-order valence-electron chi connectivity index (χ3n) is 2.52. The summed E-state index contributed by atoms with van der Waals surface area (Å²) >= 11 is 11.8. The van der Waals surface area contributed by atoms with Gasteiger partial charge in [-0.05, 0) is 24.3 Å². The molecule has 0 saturated heterocycles. The first kappa shape index (κ1) is 9.01. The van der Waals surface area contributed by atoms with Gasteiger partial charge in [-0.1, -0.05) is 23.2 Å². The van der Waals surface area contributed by atoms with Crippen LogP contribution < -0.4 is 0 Å². The van der Waals surface area contributed by atoms with Crippen LogP contribution in [0, 0.1) is 0 Å². The second kappa shape index (κ2) is 2.87. The average Bonchev–Trinajstić information content (AvgIpc) is 2.75. The van der Waals surface area contributed by atoms with E-state index in [0.29, 0.717) is 21.3 Å². The largest absolute Gasteiger partial charge is 0.313 e. The first-order valence-electron chi connectivity index (χ1n) is 4.40. The zero-order chi connectivity index (χ0) is 10.6.